The van der Waals surface area contributed by atoms with Crippen molar-refractivity contribution in [2.24, 2.45) is 0 Å². The highest BCUT2D eigenvalue weighted by Gasteiger charge is 2.42. The van der Waals surface area contributed by atoms with Crippen molar-refractivity contribution >= 4 is 17.5 Å². The quantitative estimate of drug-likeness (QED) is 0.825. The zero-order chi connectivity index (χ0) is 19.4. The molecule has 2 aromatic carbocycles. The average molecular weight is 380 g/mol. The molecule has 0 atom stereocenters. The second-order valence-electron chi connectivity index (χ2n) is 7.26. The molecular formula is C22H24N2O4. The number of hydrogen-bond donors (Lipinski definition) is 2. The summed E-state index contributed by atoms with van der Waals surface area (Å²) in [6.45, 7) is 0.271. The summed E-state index contributed by atoms with van der Waals surface area (Å²) in [6, 6.07) is 14.4. The van der Waals surface area contributed by atoms with Crippen LogP contribution in [0, 0.1) is 0 Å². The summed E-state index contributed by atoms with van der Waals surface area (Å²) in [5.41, 5.74) is 1.24. The molecule has 2 N–H and O–H groups in total. The summed E-state index contributed by atoms with van der Waals surface area (Å²) in [5, 5.41) is 5.60. The minimum Gasteiger partial charge on any atom is -0.448 e. The molecule has 2 aliphatic rings. The first-order valence-electron chi connectivity index (χ1n) is 9.79. The summed E-state index contributed by atoms with van der Waals surface area (Å²) in [7, 11) is 0. The van der Waals surface area contributed by atoms with Gasteiger partial charge in [0.1, 0.15) is 0 Å². The fraction of sp³-hybridized carbons (Fsp3) is 0.364. The molecule has 1 spiro atoms. The molecule has 0 unspecified atom stereocenters. The van der Waals surface area contributed by atoms with Gasteiger partial charge in [0, 0.05) is 43.1 Å². The number of hydrogen-bond acceptors (Lipinski definition) is 4. The van der Waals surface area contributed by atoms with Gasteiger partial charge in [-0.3, -0.25) is 9.59 Å². The van der Waals surface area contributed by atoms with E-state index < -0.39 is 5.79 Å². The maximum absolute atomic E-state index is 12.2. The lowest BCUT2D eigenvalue weighted by atomic mass is 9.94. The molecule has 1 fully saturated rings. The predicted octanol–water partition coefficient (Wildman–Crippen LogP) is 3.88. The first kappa shape index (κ1) is 18.3. The van der Waals surface area contributed by atoms with Crippen molar-refractivity contribution < 1.29 is 19.1 Å². The van der Waals surface area contributed by atoms with Crippen LogP contribution in [-0.2, 0) is 4.79 Å². The summed E-state index contributed by atoms with van der Waals surface area (Å²) < 4.78 is 12.1. The Morgan fingerprint density at radius 1 is 0.929 bits per heavy atom. The van der Waals surface area contributed by atoms with Crippen molar-refractivity contribution in [1.82, 2.24) is 5.32 Å². The van der Waals surface area contributed by atoms with Crippen LogP contribution < -0.4 is 20.1 Å². The Morgan fingerprint density at radius 2 is 1.68 bits per heavy atom. The highest BCUT2D eigenvalue weighted by Crippen LogP contribution is 2.46. The van der Waals surface area contributed by atoms with Crippen molar-refractivity contribution in [3.05, 3.63) is 54.1 Å². The summed E-state index contributed by atoms with van der Waals surface area (Å²) in [4.78, 5) is 24.2. The first-order chi connectivity index (χ1) is 13.6. The molecule has 1 heterocycles. The number of rotatable bonds is 5. The third-order valence-corrected chi connectivity index (χ3v) is 5.11. The maximum atomic E-state index is 12.2. The Bertz CT molecular complexity index is 860. The van der Waals surface area contributed by atoms with Crippen LogP contribution in [-0.4, -0.2) is 24.1 Å². The van der Waals surface area contributed by atoms with Crippen LogP contribution in [0.15, 0.2) is 48.5 Å². The Labute approximate surface area is 164 Å². The zero-order valence-corrected chi connectivity index (χ0v) is 15.7. The van der Waals surface area contributed by atoms with Crippen molar-refractivity contribution in [2.45, 2.75) is 44.3 Å². The average Bonchev–Trinajstić information content (AvgIpc) is 3.05. The molecule has 0 radical (unpaired) electrons. The molecule has 28 heavy (non-hydrogen) atoms. The molecule has 0 aromatic heterocycles. The van der Waals surface area contributed by atoms with E-state index in [1.807, 2.05) is 18.2 Å². The number of carbonyl (C=O) groups is 2. The van der Waals surface area contributed by atoms with Crippen LogP contribution in [0.3, 0.4) is 0 Å². The van der Waals surface area contributed by atoms with Gasteiger partial charge in [0.15, 0.2) is 11.5 Å². The highest BCUT2D eigenvalue weighted by molar-refractivity contribution is 5.95. The van der Waals surface area contributed by atoms with Crippen LogP contribution in [0.2, 0.25) is 0 Å². The molecule has 146 valence electrons. The largest absolute Gasteiger partial charge is 0.448 e. The standard InChI is InChI=1S/C22H24N2O4/c25-20(11-14-23-21(26)16-7-3-1-4-8-16)24-17-9-10-18-19(15-17)28-22(27-18)12-5-2-6-13-22/h1,3-4,7-10,15H,2,5-6,11-14H2,(H,23,26)(H,24,25). The van der Waals surface area contributed by atoms with Gasteiger partial charge in [-0.15, -0.1) is 0 Å². The second kappa shape index (κ2) is 7.92. The molecule has 4 rings (SSSR count). The lowest BCUT2D eigenvalue weighted by Crippen LogP contribution is -2.40. The number of anilines is 1. The van der Waals surface area contributed by atoms with E-state index >= 15 is 0 Å². The van der Waals surface area contributed by atoms with E-state index in [4.69, 9.17) is 9.47 Å². The maximum Gasteiger partial charge on any atom is 0.251 e. The first-order valence-corrected chi connectivity index (χ1v) is 9.79. The number of carbonyl (C=O) groups excluding carboxylic acids is 2. The summed E-state index contributed by atoms with van der Waals surface area (Å²) in [6.07, 6.45) is 5.40. The van der Waals surface area contributed by atoms with Crippen molar-refractivity contribution in [3.63, 3.8) is 0 Å². The summed E-state index contributed by atoms with van der Waals surface area (Å²) in [5.74, 6) is 0.534. The number of amides is 2. The highest BCUT2D eigenvalue weighted by atomic mass is 16.7. The molecule has 6 nitrogen and oxygen atoms in total. The van der Waals surface area contributed by atoms with Crippen LogP contribution in [0.25, 0.3) is 0 Å². The number of benzene rings is 2. The van der Waals surface area contributed by atoms with Gasteiger partial charge in [-0.25, -0.2) is 0 Å². The fourth-order valence-electron chi connectivity index (χ4n) is 3.67. The Kier molecular flexibility index (Phi) is 5.19. The van der Waals surface area contributed by atoms with Gasteiger partial charge < -0.3 is 20.1 Å². The van der Waals surface area contributed by atoms with Crippen LogP contribution >= 0.6 is 0 Å². The van der Waals surface area contributed by atoms with E-state index in [1.54, 1.807) is 30.3 Å². The molecule has 1 aliphatic heterocycles. The topological polar surface area (TPSA) is 76.7 Å². The molecule has 6 heteroatoms. The van der Waals surface area contributed by atoms with Crippen LogP contribution in [0.1, 0.15) is 48.9 Å². The van der Waals surface area contributed by atoms with Crippen molar-refractivity contribution in [1.29, 1.82) is 0 Å². The van der Waals surface area contributed by atoms with E-state index in [-0.39, 0.29) is 24.8 Å². The van der Waals surface area contributed by atoms with E-state index in [9.17, 15) is 9.59 Å². The van der Waals surface area contributed by atoms with E-state index in [2.05, 4.69) is 10.6 Å². The van der Waals surface area contributed by atoms with E-state index in [1.165, 1.54) is 6.42 Å². The third kappa shape index (κ3) is 4.11. The molecule has 0 bridgehead atoms. The Hall–Kier alpha value is -3.02. The normalized spacial score (nSPS) is 16.6. The van der Waals surface area contributed by atoms with Crippen LogP contribution in [0.4, 0.5) is 5.69 Å². The van der Waals surface area contributed by atoms with Gasteiger partial charge in [0.2, 0.25) is 5.91 Å². The number of fused-ring (bicyclic) bond motifs is 1. The third-order valence-electron chi connectivity index (χ3n) is 5.11. The molecule has 1 aliphatic carbocycles. The fourth-order valence-corrected chi connectivity index (χ4v) is 3.67. The van der Waals surface area contributed by atoms with Gasteiger partial charge in [-0.2, -0.15) is 0 Å². The van der Waals surface area contributed by atoms with Gasteiger partial charge >= 0.3 is 0 Å². The van der Waals surface area contributed by atoms with Gasteiger partial charge in [0.25, 0.3) is 11.7 Å². The number of ether oxygens (including phenoxy) is 2. The monoisotopic (exact) mass is 380 g/mol. The molecule has 2 aromatic rings. The predicted molar refractivity (Wildman–Crippen MR) is 106 cm³/mol. The minimum absolute atomic E-state index is 0.167. The summed E-state index contributed by atoms with van der Waals surface area (Å²) >= 11 is 0. The molecule has 0 saturated heterocycles. The van der Waals surface area contributed by atoms with Gasteiger partial charge in [-0.1, -0.05) is 24.6 Å². The van der Waals surface area contributed by atoms with E-state index in [0.29, 0.717) is 17.0 Å². The molecular weight excluding hydrogens is 356 g/mol. The van der Waals surface area contributed by atoms with E-state index in [0.717, 1.165) is 31.4 Å². The molecule has 2 amide bonds. The Morgan fingerprint density at radius 3 is 2.46 bits per heavy atom. The second-order valence-corrected chi connectivity index (χ2v) is 7.26. The lowest BCUT2D eigenvalue weighted by molar-refractivity contribution is -0.116. The molecule has 1 saturated carbocycles. The smallest absolute Gasteiger partial charge is 0.251 e. The zero-order valence-electron chi connectivity index (χ0n) is 15.7. The Balaban J connectivity index is 1.28. The van der Waals surface area contributed by atoms with Gasteiger partial charge in [0.05, 0.1) is 0 Å². The van der Waals surface area contributed by atoms with Crippen molar-refractivity contribution in [2.75, 3.05) is 11.9 Å². The van der Waals surface area contributed by atoms with Crippen LogP contribution in [0.5, 0.6) is 11.5 Å². The van der Waals surface area contributed by atoms with Gasteiger partial charge in [-0.05, 0) is 37.1 Å². The lowest BCUT2D eigenvalue weighted by Gasteiger charge is -2.31. The minimum atomic E-state index is -0.523. The number of nitrogens with one attached hydrogen (secondary N) is 2. The SMILES string of the molecule is O=C(CCNC(=O)c1ccccc1)Nc1ccc2c(c1)OC1(CCCCC1)O2. The van der Waals surface area contributed by atoms with Crippen molar-refractivity contribution in [3.8, 4) is 11.5 Å².